The molecule has 1 aliphatic rings. The Hall–Kier alpha value is -4.54. The van der Waals surface area contributed by atoms with E-state index in [1.165, 1.54) is 4.90 Å². The fraction of sp³-hybridized carbons (Fsp3) is 0.455. The molecule has 0 fully saturated rings. The van der Waals surface area contributed by atoms with Gasteiger partial charge in [0, 0.05) is 25.1 Å². The summed E-state index contributed by atoms with van der Waals surface area (Å²) >= 11 is 0. The smallest absolute Gasteiger partial charge is 0.273 e. The minimum Gasteiger partial charge on any atom is -0.355 e. The van der Waals surface area contributed by atoms with Gasteiger partial charge in [0.2, 0.25) is 23.6 Å². The molecule has 0 aliphatic carbocycles. The van der Waals surface area contributed by atoms with E-state index < -0.39 is 41.9 Å². The molecule has 0 bridgehead atoms. The normalized spacial score (nSPS) is 15.5. The van der Waals surface area contributed by atoms with Gasteiger partial charge < -0.3 is 26.2 Å². The Bertz CT molecular complexity index is 1340. The molecule has 2 aromatic rings. The number of rotatable bonds is 14. The van der Waals surface area contributed by atoms with E-state index in [0.717, 1.165) is 5.56 Å². The third kappa shape index (κ3) is 10.3. The lowest BCUT2D eigenvalue weighted by Gasteiger charge is -2.35. The standard InChI is InChI=1S/C33H44N6O5/c1-6-34-30(42)25(17-22(2)3)37-31(43)26(18-23-13-9-7-10-14-23)36-27(40)19-35-28(41)20-39-21-33(4,5)38-29(32(39)44)24-15-11-8-12-16-24/h7-16,22,25-26H,6,17-21H2,1-5H3,(H,34,42)(H,35,41)(H,36,40)(H,37,43)/t25-,26-/m0/s1. The third-order valence-corrected chi connectivity index (χ3v) is 6.94. The SMILES string of the molecule is CCNC(=O)[C@H](CC(C)C)NC(=O)[C@H](Cc1ccccc1)NC(=O)CNC(=O)CN1CC(C)(C)N=C(c2ccccc2)C1=O. The summed E-state index contributed by atoms with van der Waals surface area (Å²) in [6, 6.07) is 16.5. The van der Waals surface area contributed by atoms with E-state index in [1.807, 2.05) is 76.2 Å². The Kier molecular flexibility index (Phi) is 12.2. The fourth-order valence-electron chi connectivity index (χ4n) is 4.97. The van der Waals surface area contributed by atoms with Crippen LogP contribution in [0, 0.1) is 5.92 Å². The number of likely N-dealkylation sites (N-methyl/N-ethyl adjacent to an activating group) is 1. The van der Waals surface area contributed by atoms with Crippen LogP contribution in [0.2, 0.25) is 0 Å². The summed E-state index contributed by atoms with van der Waals surface area (Å²) in [6.45, 7) is 9.50. The number of benzene rings is 2. The molecular weight excluding hydrogens is 560 g/mol. The van der Waals surface area contributed by atoms with Crippen LogP contribution >= 0.6 is 0 Å². The van der Waals surface area contributed by atoms with Gasteiger partial charge in [-0.1, -0.05) is 74.5 Å². The van der Waals surface area contributed by atoms with Crippen molar-refractivity contribution in [2.45, 2.75) is 65.1 Å². The lowest BCUT2D eigenvalue weighted by molar-refractivity contribution is -0.134. The van der Waals surface area contributed by atoms with Crippen molar-refractivity contribution < 1.29 is 24.0 Å². The van der Waals surface area contributed by atoms with Gasteiger partial charge in [0.15, 0.2) is 0 Å². The molecule has 0 saturated heterocycles. The second-order valence-electron chi connectivity index (χ2n) is 12.0. The molecule has 4 N–H and O–H groups in total. The van der Waals surface area contributed by atoms with Gasteiger partial charge in [-0.25, -0.2) is 0 Å². The highest BCUT2D eigenvalue weighted by molar-refractivity contribution is 6.46. The average molecular weight is 605 g/mol. The van der Waals surface area contributed by atoms with Crippen LogP contribution in [-0.2, 0) is 30.4 Å². The Morgan fingerprint density at radius 1 is 0.864 bits per heavy atom. The molecule has 236 valence electrons. The highest BCUT2D eigenvalue weighted by atomic mass is 16.2. The van der Waals surface area contributed by atoms with Crippen molar-refractivity contribution in [2.24, 2.45) is 10.9 Å². The van der Waals surface area contributed by atoms with E-state index in [4.69, 9.17) is 0 Å². The van der Waals surface area contributed by atoms with Gasteiger partial charge in [-0.15, -0.1) is 0 Å². The van der Waals surface area contributed by atoms with Crippen molar-refractivity contribution in [3.05, 3.63) is 71.8 Å². The molecule has 5 amide bonds. The molecule has 1 heterocycles. The average Bonchev–Trinajstić information content (AvgIpc) is 2.97. The molecule has 11 heteroatoms. The minimum atomic E-state index is -0.986. The molecule has 0 spiro atoms. The summed E-state index contributed by atoms with van der Waals surface area (Å²) in [6.07, 6.45) is 0.622. The molecule has 0 aromatic heterocycles. The van der Waals surface area contributed by atoms with Crippen molar-refractivity contribution in [1.29, 1.82) is 0 Å². The maximum Gasteiger partial charge on any atom is 0.273 e. The van der Waals surface area contributed by atoms with Crippen LogP contribution in [-0.4, -0.2) is 83.9 Å². The zero-order valence-corrected chi connectivity index (χ0v) is 26.2. The lowest BCUT2D eigenvalue weighted by Crippen LogP contribution is -2.56. The first-order chi connectivity index (χ1) is 20.9. The first-order valence-electron chi connectivity index (χ1n) is 15.0. The number of carbonyl (C=O) groups excluding carboxylic acids is 5. The van der Waals surface area contributed by atoms with Gasteiger partial charge in [-0.05, 0) is 38.7 Å². The summed E-state index contributed by atoms with van der Waals surface area (Å²) in [5, 5.41) is 10.8. The number of hydrogen-bond donors (Lipinski definition) is 4. The van der Waals surface area contributed by atoms with Crippen molar-refractivity contribution in [1.82, 2.24) is 26.2 Å². The highest BCUT2D eigenvalue weighted by Gasteiger charge is 2.35. The Balaban J connectivity index is 1.64. The summed E-state index contributed by atoms with van der Waals surface area (Å²) < 4.78 is 0. The van der Waals surface area contributed by atoms with E-state index in [2.05, 4.69) is 26.3 Å². The zero-order chi connectivity index (χ0) is 32.3. The van der Waals surface area contributed by atoms with Crippen molar-refractivity contribution in [3.8, 4) is 0 Å². The molecule has 44 heavy (non-hydrogen) atoms. The maximum atomic E-state index is 13.4. The molecule has 3 rings (SSSR count). The van der Waals surface area contributed by atoms with Gasteiger partial charge in [0.05, 0.1) is 18.6 Å². The van der Waals surface area contributed by atoms with Crippen LogP contribution in [0.1, 0.15) is 52.2 Å². The number of carbonyl (C=O) groups is 5. The van der Waals surface area contributed by atoms with Gasteiger partial charge in [0.1, 0.15) is 17.8 Å². The molecule has 0 unspecified atom stereocenters. The Morgan fingerprint density at radius 2 is 1.50 bits per heavy atom. The fourth-order valence-corrected chi connectivity index (χ4v) is 4.97. The number of aliphatic imine (C=N–C) groups is 1. The number of hydrogen-bond acceptors (Lipinski definition) is 6. The molecular formula is C33H44N6O5. The van der Waals surface area contributed by atoms with Crippen molar-refractivity contribution >= 4 is 35.2 Å². The van der Waals surface area contributed by atoms with Crippen molar-refractivity contribution in [3.63, 3.8) is 0 Å². The predicted molar refractivity (Wildman–Crippen MR) is 169 cm³/mol. The molecule has 11 nitrogen and oxygen atoms in total. The first-order valence-corrected chi connectivity index (χ1v) is 15.0. The number of nitrogens with one attached hydrogen (secondary N) is 4. The van der Waals surface area contributed by atoms with E-state index in [0.29, 0.717) is 18.5 Å². The van der Waals surface area contributed by atoms with Crippen LogP contribution in [0.3, 0.4) is 0 Å². The van der Waals surface area contributed by atoms with Crippen molar-refractivity contribution in [2.75, 3.05) is 26.2 Å². The largest absolute Gasteiger partial charge is 0.355 e. The van der Waals surface area contributed by atoms with Gasteiger partial charge in [-0.2, -0.15) is 0 Å². The monoisotopic (exact) mass is 604 g/mol. The highest BCUT2D eigenvalue weighted by Crippen LogP contribution is 2.21. The number of amides is 5. The number of nitrogens with zero attached hydrogens (tertiary/aromatic N) is 2. The van der Waals surface area contributed by atoms with Gasteiger partial charge in [0.25, 0.3) is 5.91 Å². The second-order valence-corrected chi connectivity index (χ2v) is 12.0. The van der Waals surface area contributed by atoms with Crippen LogP contribution in [0.15, 0.2) is 65.7 Å². The molecule has 0 saturated carbocycles. The molecule has 1 aliphatic heterocycles. The third-order valence-electron chi connectivity index (χ3n) is 6.94. The van der Waals surface area contributed by atoms with Crippen LogP contribution in [0.5, 0.6) is 0 Å². The summed E-state index contributed by atoms with van der Waals surface area (Å²) in [7, 11) is 0. The van der Waals surface area contributed by atoms with E-state index in [-0.39, 0.29) is 43.0 Å². The first kappa shape index (κ1) is 34.0. The van der Waals surface area contributed by atoms with E-state index in [9.17, 15) is 24.0 Å². The Morgan fingerprint density at radius 3 is 2.11 bits per heavy atom. The zero-order valence-electron chi connectivity index (χ0n) is 26.2. The topological polar surface area (TPSA) is 149 Å². The summed E-state index contributed by atoms with van der Waals surface area (Å²) in [4.78, 5) is 71.0. The second kappa shape index (κ2) is 15.8. The van der Waals surface area contributed by atoms with E-state index >= 15 is 0 Å². The quantitative estimate of drug-likeness (QED) is 0.259. The molecule has 2 atom stereocenters. The van der Waals surface area contributed by atoms with Crippen LogP contribution in [0.4, 0.5) is 0 Å². The maximum absolute atomic E-state index is 13.4. The van der Waals surface area contributed by atoms with E-state index in [1.54, 1.807) is 19.1 Å². The minimum absolute atomic E-state index is 0.146. The van der Waals surface area contributed by atoms with Crippen LogP contribution < -0.4 is 21.3 Å². The summed E-state index contributed by atoms with van der Waals surface area (Å²) in [5.41, 5.74) is 1.17. The lowest BCUT2D eigenvalue weighted by atomic mass is 9.98. The molecule has 2 aromatic carbocycles. The predicted octanol–water partition coefficient (Wildman–Crippen LogP) is 1.61. The summed E-state index contributed by atoms with van der Waals surface area (Å²) in [5.74, 6) is -2.10. The van der Waals surface area contributed by atoms with Gasteiger partial charge in [-0.3, -0.25) is 29.0 Å². The van der Waals surface area contributed by atoms with Crippen LogP contribution in [0.25, 0.3) is 0 Å². The van der Waals surface area contributed by atoms with Gasteiger partial charge >= 0.3 is 0 Å². The molecule has 0 radical (unpaired) electrons. The Labute approximate surface area is 259 Å².